The molecule has 19 heavy (non-hydrogen) atoms. The monoisotopic (exact) mass is 274 g/mol. The molecule has 0 aromatic heterocycles. The number of amides is 1. The van der Waals surface area contributed by atoms with E-state index in [1.807, 2.05) is 0 Å². The summed E-state index contributed by atoms with van der Waals surface area (Å²) in [6.07, 6.45) is -3.82. The lowest BCUT2D eigenvalue weighted by Gasteiger charge is -2.17. The van der Waals surface area contributed by atoms with Crippen LogP contribution in [0.15, 0.2) is 24.3 Å². The highest BCUT2D eigenvalue weighted by Gasteiger charge is 2.34. The lowest BCUT2D eigenvalue weighted by molar-refractivity contribution is -0.137. The molecular formula is C12H13F3N2O2. The molecule has 1 heterocycles. The first-order valence-electron chi connectivity index (χ1n) is 5.70. The topological polar surface area (TPSA) is 41.6 Å². The molecule has 7 heteroatoms. The van der Waals surface area contributed by atoms with Gasteiger partial charge in [-0.05, 0) is 30.7 Å². The van der Waals surface area contributed by atoms with Crippen LogP contribution < -0.4 is 10.4 Å². The number of nitrogens with zero attached hydrogens (tertiary/aromatic N) is 1. The first-order valence-corrected chi connectivity index (χ1v) is 5.70. The van der Waals surface area contributed by atoms with Gasteiger partial charge in [0.1, 0.15) is 6.04 Å². The van der Waals surface area contributed by atoms with Crippen molar-refractivity contribution < 1.29 is 22.8 Å². The fourth-order valence-electron chi connectivity index (χ4n) is 2.02. The van der Waals surface area contributed by atoms with Crippen molar-refractivity contribution in [1.82, 2.24) is 5.48 Å². The van der Waals surface area contributed by atoms with Crippen molar-refractivity contribution in [3.8, 4) is 0 Å². The Hall–Kier alpha value is -1.60. The fourth-order valence-corrected chi connectivity index (χ4v) is 2.02. The van der Waals surface area contributed by atoms with Gasteiger partial charge in [-0.25, -0.2) is 0 Å². The van der Waals surface area contributed by atoms with Crippen molar-refractivity contribution in [2.24, 2.45) is 0 Å². The van der Waals surface area contributed by atoms with Gasteiger partial charge in [0.2, 0.25) is 5.91 Å². The number of hydroxylamine groups is 1. The molecule has 0 radical (unpaired) electrons. The van der Waals surface area contributed by atoms with Gasteiger partial charge in [-0.1, -0.05) is 0 Å². The minimum absolute atomic E-state index is 0.207. The van der Waals surface area contributed by atoms with E-state index in [9.17, 15) is 18.0 Å². The molecule has 2 rings (SSSR count). The largest absolute Gasteiger partial charge is 0.416 e. The van der Waals surface area contributed by atoms with E-state index in [1.165, 1.54) is 24.1 Å². The predicted molar refractivity (Wildman–Crippen MR) is 62.3 cm³/mol. The van der Waals surface area contributed by atoms with E-state index in [0.29, 0.717) is 18.7 Å². The van der Waals surface area contributed by atoms with Crippen LogP contribution in [0.1, 0.15) is 12.0 Å². The summed E-state index contributed by atoms with van der Waals surface area (Å²) in [5.74, 6) is -0.207. The van der Waals surface area contributed by atoms with Gasteiger partial charge in [-0.15, -0.1) is 0 Å². The molecule has 0 aliphatic carbocycles. The molecule has 1 aliphatic rings. The molecule has 1 aromatic rings. The van der Waals surface area contributed by atoms with Gasteiger partial charge in [0.15, 0.2) is 0 Å². The van der Waals surface area contributed by atoms with Gasteiger partial charge in [0, 0.05) is 12.2 Å². The Morgan fingerprint density at radius 3 is 2.47 bits per heavy atom. The van der Waals surface area contributed by atoms with Crippen LogP contribution in [0.2, 0.25) is 0 Å². The molecule has 0 bridgehead atoms. The van der Waals surface area contributed by atoms with E-state index in [0.717, 1.165) is 12.1 Å². The number of benzene rings is 1. The van der Waals surface area contributed by atoms with Crippen molar-refractivity contribution in [3.05, 3.63) is 29.8 Å². The number of hydrogen-bond acceptors (Lipinski definition) is 3. The van der Waals surface area contributed by atoms with Gasteiger partial charge >= 0.3 is 6.18 Å². The molecule has 0 saturated carbocycles. The number of nitrogens with one attached hydrogen (secondary N) is 1. The normalized spacial score (nSPS) is 20.1. The summed E-state index contributed by atoms with van der Waals surface area (Å²) in [7, 11) is 1.41. The number of anilines is 1. The van der Waals surface area contributed by atoms with Gasteiger partial charge in [0.05, 0.1) is 12.7 Å². The number of alkyl halides is 3. The average Bonchev–Trinajstić information content (AvgIpc) is 2.71. The van der Waals surface area contributed by atoms with Crippen LogP contribution in [-0.4, -0.2) is 25.6 Å². The zero-order valence-electron chi connectivity index (χ0n) is 10.2. The molecule has 1 saturated heterocycles. The number of hydrogen-bond donors (Lipinski definition) is 1. The Balaban J connectivity index is 2.13. The van der Waals surface area contributed by atoms with Crippen LogP contribution in [0, 0.1) is 0 Å². The van der Waals surface area contributed by atoms with Crippen LogP contribution in [0.5, 0.6) is 0 Å². The number of carbonyl (C=O) groups excluding carboxylic acids is 1. The minimum Gasteiger partial charge on any atom is -0.311 e. The average molecular weight is 274 g/mol. The van der Waals surface area contributed by atoms with E-state index in [2.05, 4.69) is 5.48 Å². The number of carbonyl (C=O) groups is 1. The highest BCUT2D eigenvalue weighted by Crippen LogP contribution is 2.31. The first kappa shape index (κ1) is 13.8. The summed E-state index contributed by atoms with van der Waals surface area (Å²) < 4.78 is 37.3. The molecule has 1 atom stereocenters. The van der Waals surface area contributed by atoms with E-state index >= 15 is 0 Å². The lowest BCUT2D eigenvalue weighted by Crippen LogP contribution is -2.37. The molecule has 1 unspecified atom stereocenters. The standard InChI is InChI=1S/C12H13F3N2O2/c1-19-16-10-6-7-17(11(10)18)9-4-2-8(3-5-9)12(13,14)15/h2-5,10,16H,6-7H2,1H3. The minimum atomic E-state index is -4.37. The highest BCUT2D eigenvalue weighted by molar-refractivity contribution is 5.99. The van der Waals surface area contributed by atoms with Gasteiger partial charge in [-0.3, -0.25) is 4.79 Å². The summed E-state index contributed by atoms with van der Waals surface area (Å²) >= 11 is 0. The summed E-state index contributed by atoms with van der Waals surface area (Å²) in [6.45, 7) is 0.450. The molecule has 1 aliphatic heterocycles. The van der Waals surface area contributed by atoms with Crippen LogP contribution in [0.4, 0.5) is 18.9 Å². The van der Waals surface area contributed by atoms with Crippen LogP contribution >= 0.6 is 0 Å². The number of rotatable bonds is 3. The maximum atomic E-state index is 12.4. The molecule has 1 amide bonds. The molecule has 4 nitrogen and oxygen atoms in total. The van der Waals surface area contributed by atoms with Crippen molar-refractivity contribution >= 4 is 11.6 Å². The Morgan fingerprint density at radius 2 is 1.95 bits per heavy atom. The highest BCUT2D eigenvalue weighted by atomic mass is 19.4. The number of halogens is 3. The van der Waals surface area contributed by atoms with E-state index in [-0.39, 0.29) is 5.91 Å². The molecule has 0 spiro atoms. The summed E-state index contributed by atoms with van der Waals surface area (Å²) in [5.41, 5.74) is 2.29. The smallest absolute Gasteiger partial charge is 0.311 e. The SMILES string of the molecule is CONC1CCN(c2ccc(C(F)(F)F)cc2)C1=O. The Morgan fingerprint density at radius 1 is 1.32 bits per heavy atom. The molecule has 1 N–H and O–H groups in total. The lowest BCUT2D eigenvalue weighted by atomic mass is 10.2. The Kier molecular flexibility index (Phi) is 3.77. The van der Waals surface area contributed by atoms with Crippen molar-refractivity contribution in [2.45, 2.75) is 18.6 Å². The second-order valence-electron chi connectivity index (χ2n) is 4.20. The molecule has 104 valence electrons. The molecule has 1 fully saturated rings. The first-order chi connectivity index (χ1) is 8.93. The van der Waals surface area contributed by atoms with Crippen LogP contribution in [-0.2, 0) is 15.8 Å². The van der Waals surface area contributed by atoms with Crippen LogP contribution in [0.25, 0.3) is 0 Å². The summed E-state index contributed by atoms with van der Waals surface area (Å²) in [4.78, 5) is 18.1. The van der Waals surface area contributed by atoms with E-state index in [1.54, 1.807) is 0 Å². The third kappa shape index (κ3) is 2.87. The fraction of sp³-hybridized carbons (Fsp3) is 0.417. The maximum Gasteiger partial charge on any atom is 0.416 e. The summed E-state index contributed by atoms with van der Waals surface area (Å²) in [6, 6.07) is 4.10. The van der Waals surface area contributed by atoms with Gasteiger partial charge < -0.3 is 9.74 Å². The van der Waals surface area contributed by atoms with E-state index in [4.69, 9.17) is 4.84 Å². The second kappa shape index (κ2) is 5.18. The summed E-state index contributed by atoms with van der Waals surface area (Å²) in [5, 5.41) is 0. The Bertz CT molecular complexity index is 459. The quantitative estimate of drug-likeness (QED) is 0.857. The predicted octanol–water partition coefficient (Wildman–Crippen LogP) is 1.96. The second-order valence-corrected chi connectivity index (χ2v) is 4.20. The third-order valence-corrected chi connectivity index (χ3v) is 2.97. The van der Waals surface area contributed by atoms with Crippen LogP contribution in [0.3, 0.4) is 0 Å². The van der Waals surface area contributed by atoms with Crippen molar-refractivity contribution in [2.75, 3.05) is 18.6 Å². The zero-order valence-corrected chi connectivity index (χ0v) is 10.2. The van der Waals surface area contributed by atoms with Crippen molar-refractivity contribution in [1.29, 1.82) is 0 Å². The molecular weight excluding hydrogens is 261 g/mol. The van der Waals surface area contributed by atoms with Gasteiger partial charge in [-0.2, -0.15) is 18.7 Å². The molecule has 1 aromatic carbocycles. The third-order valence-electron chi connectivity index (χ3n) is 2.97. The van der Waals surface area contributed by atoms with Crippen molar-refractivity contribution in [3.63, 3.8) is 0 Å². The maximum absolute atomic E-state index is 12.4. The van der Waals surface area contributed by atoms with E-state index < -0.39 is 17.8 Å². The Labute approximate surface area is 108 Å². The zero-order chi connectivity index (χ0) is 14.0. The van der Waals surface area contributed by atoms with Gasteiger partial charge in [0.25, 0.3) is 0 Å².